The molecule has 0 bridgehead atoms. The van der Waals surface area contributed by atoms with E-state index in [0.29, 0.717) is 22.3 Å². The van der Waals surface area contributed by atoms with Crippen molar-refractivity contribution in [1.82, 2.24) is 0 Å². The fraction of sp³-hybridized carbons (Fsp3) is 0.933. The fourth-order valence-electron chi connectivity index (χ4n) is 11.7. The van der Waals surface area contributed by atoms with Gasteiger partial charge in [-0.15, -0.1) is 0 Å². The molecule has 5 saturated carbocycles. The number of hydrogen-bond acceptors (Lipinski definition) is 1. The van der Waals surface area contributed by atoms with Gasteiger partial charge in [-0.1, -0.05) is 45.8 Å². The fourth-order valence-corrected chi connectivity index (χ4v) is 11.7. The van der Waals surface area contributed by atoms with Crippen LogP contribution in [0.2, 0.25) is 0 Å². The van der Waals surface area contributed by atoms with E-state index >= 15 is 0 Å². The molecule has 0 radical (unpaired) electrons. The van der Waals surface area contributed by atoms with Gasteiger partial charge in [-0.05, 0) is 117 Å². The van der Waals surface area contributed by atoms with Gasteiger partial charge in [0.15, 0.2) is 0 Å². The molecule has 6 rings (SSSR count). The lowest BCUT2D eigenvalue weighted by atomic mass is 9.45. The third-order valence-electron chi connectivity index (χ3n) is 13.1. The number of methoxy groups -OCH3 is 1. The minimum Gasteiger partial charge on any atom is -0.381 e. The van der Waals surface area contributed by atoms with Crippen LogP contribution in [0.3, 0.4) is 0 Å². The van der Waals surface area contributed by atoms with Crippen molar-refractivity contribution in [2.45, 2.75) is 105 Å². The second kappa shape index (κ2) is 6.64. The third kappa shape index (κ3) is 2.54. The first kappa shape index (κ1) is 21.2. The van der Waals surface area contributed by atoms with Gasteiger partial charge in [0.05, 0.1) is 6.10 Å². The van der Waals surface area contributed by atoms with E-state index in [1.54, 1.807) is 11.1 Å². The van der Waals surface area contributed by atoms with Gasteiger partial charge < -0.3 is 4.74 Å². The molecule has 6 aliphatic rings. The van der Waals surface area contributed by atoms with Crippen LogP contribution in [0.1, 0.15) is 99.3 Å². The second-order valence-electron chi connectivity index (χ2n) is 14.0. The van der Waals surface area contributed by atoms with Crippen LogP contribution in [0.4, 0.5) is 0 Å². The van der Waals surface area contributed by atoms with Crippen LogP contribution in [-0.4, -0.2) is 13.2 Å². The molecule has 0 aromatic rings. The van der Waals surface area contributed by atoms with Gasteiger partial charge in [0.1, 0.15) is 0 Å². The molecule has 2 unspecified atom stereocenters. The molecular formula is C30H48O. The predicted octanol–water partition coefficient (Wildman–Crippen LogP) is 7.90. The van der Waals surface area contributed by atoms with Crippen molar-refractivity contribution in [2.24, 2.45) is 63.6 Å². The van der Waals surface area contributed by atoms with Crippen molar-refractivity contribution in [1.29, 1.82) is 0 Å². The zero-order valence-electron chi connectivity index (χ0n) is 21.5. The summed E-state index contributed by atoms with van der Waals surface area (Å²) in [6, 6.07) is 0. The summed E-state index contributed by atoms with van der Waals surface area (Å²) in [6.45, 7) is 15.3. The molecule has 174 valence electrons. The van der Waals surface area contributed by atoms with E-state index in [1.165, 1.54) is 57.8 Å². The van der Waals surface area contributed by atoms with Crippen molar-refractivity contribution < 1.29 is 4.74 Å². The molecule has 0 heterocycles. The Labute approximate surface area is 192 Å². The van der Waals surface area contributed by atoms with Crippen LogP contribution in [0.15, 0.2) is 11.1 Å². The normalized spacial score (nSPS) is 55.5. The Hall–Kier alpha value is -0.300. The SMILES string of the molecule is CO[C@@H]1C[C@H]2[C@@H]3CC[C@H]([C@H](C)C[C@H]4C(C)=C4C(C)C)[C@@]3(C)CC[C@@H]2[C@@]2(C)CCC3CC312. The number of rotatable bonds is 5. The molecule has 5 fully saturated rings. The second-order valence-corrected chi connectivity index (χ2v) is 14.0. The molecule has 0 amide bonds. The lowest BCUT2D eigenvalue weighted by Gasteiger charge is -2.61. The summed E-state index contributed by atoms with van der Waals surface area (Å²) in [5, 5.41) is 0. The standard InChI is InChI=1S/C30H48O/c1-17(2)27-19(4)21(27)14-18(3)23-8-9-24-22-15-26(31-7)30-16-20(30)10-13-29(30,6)25(22)11-12-28(23,24)5/h17-18,20-26H,8-16H2,1-7H3/t18-,20?,21+,22+,23-,24+,25+,26-,28-,29-,30?/m1/s1. The molecule has 1 nitrogen and oxygen atoms in total. The average molecular weight is 425 g/mol. The van der Waals surface area contributed by atoms with Crippen molar-refractivity contribution in [3.63, 3.8) is 0 Å². The predicted molar refractivity (Wildman–Crippen MR) is 129 cm³/mol. The van der Waals surface area contributed by atoms with E-state index in [-0.39, 0.29) is 0 Å². The Balaban J connectivity index is 1.22. The molecule has 6 aliphatic carbocycles. The summed E-state index contributed by atoms with van der Waals surface area (Å²) in [6.07, 6.45) is 13.9. The molecule has 0 N–H and O–H groups in total. The van der Waals surface area contributed by atoms with E-state index < -0.39 is 0 Å². The van der Waals surface area contributed by atoms with Crippen LogP contribution in [0.5, 0.6) is 0 Å². The van der Waals surface area contributed by atoms with E-state index in [2.05, 4.69) is 41.5 Å². The Morgan fingerprint density at radius 3 is 2.42 bits per heavy atom. The van der Waals surface area contributed by atoms with E-state index in [0.717, 1.165) is 47.3 Å². The highest BCUT2D eigenvalue weighted by Gasteiger charge is 2.77. The highest BCUT2D eigenvalue weighted by atomic mass is 16.5. The van der Waals surface area contributed by atoms with Gasteiger partial charge in [-0.2, -0.15) is 0 Å². The zero-order chi connectivity index (χ0) is 21.9. The zero-order valence-corrected chi connectivity index (χ0v) is 21.5. The highest BCUT2D eigenvalue weighted by molar-refractivity contribution is 5.40. The topological polar surface area (TPSA) is 9.23 Å². The molecule has 1 spiro atoms. The van der Waals surface area contributed by atoms with Crippen LogP contribution >= 0.6 is 0 Å². The molecule has 31 heavy (non-hydrogen) atoms. The smallest absolute Gasteiger partial charge is 0.0638 e. The first-order valence-corrected chi connectivity index (χ1v) is 13.9. The van der Waals surface area contributed by atoms with Crippen LogP contribution in [0, 0.1) is 63.6 Å². The summed E-state index contributed by atoms with van der Waals surface area (Å²) in [5.74, 6) is 7.32. The first-order valence-electron chi connectivity index (χ1n) is 13.9. The Morgan fingerprint density at radius 1 is 1.00 bits per heavy atom. The summed E-state index contributed by atoms with van der Waals surface area (Å²) >= 11 is 0. The van der Waals surface area contributed by atoms with Gasteiger partial charge >= 0.3 is 0 Å². The minimum absolute atomic E-state index is 0.553. The maximum atomic E-state index is 6.32. The molecule has 11 atom stereocenters. The number of fused-ring (bicyclic) bond motifs is 4. The molecule has 1 heteroatoms. The summed E-state index contributed by atoms with van der Waals surface area (Å²) < 4.78 is 6.32. The van der Waals surface area contributed by atoms with Gasteiger partial charge in [0.25, 0.3) is 0 Å². The molecular weight excluding hydrogens is 376 g/mol. The summed E-state index contributed by atoms with van der Waals surface area (Å²) in [4.78, 5) is 0. The monoisotopic (exact) mass is 424 g/mol. The van der Waals surface area contributed by atoms with Crippen molar-refractivity contribution in [3.8, 4) is 0 Å². The quantitative estimate of drug-likeness (QED) is 0.408. The van der Waals surface area contributed by atoms with Crippen LogP contribution < -0.4 is 0 Å². The van der Waals surface area contributed by atoms with E-state index in [4.69, 9.17) is 4.74 Å². The maximum absolute atomic E-state index is 6.32. The molecule has 0 saturated heterocycles. The molecule has 0 aliphatic heterocycles. The Morgan fingerprint density at radius 2 is 1.77 bits per heavy atom. The first-order chi connectivity index (χ1) is 14.7. The van der Waals surface area contributed by atoms with Gasteiger partial charge in [-0.3, -0.25) is 0 Å². The van der Waals surface area contributed by atoms with Gasteiger partial charge in [0.2, 0.25) is 0 Å². The molecule has 0 aromatic heterocycles. The van der Waals surface area contributed by atoms with E-state index in [1.807, 2.05) is 7.11 Å². The minimum atomic E-state index is 0.553. The third-order valence-corrected chi connectivity index (χ3v) is 13.1. The lowest BCUT2D eigenvalue weighted by Crippen LogP contribution is -2.57. The van der Waals surface area contributed by atoms with Crippen LogP contribution in [0.25, 0.3) is 0 Å². The van der Waals surface area contributed by atoms with E-state index in [9.17, 15) is 0 Å². The highest BCUT2D eigenvalue weighted by Crippen LogP contribution is 2.82. The van der Waals surface area contributed by atoms with Gasteiger partial charge in [-0.25, -0.2) is 0 Å². The summed E-state index contributed by atoms with van der Waals surface area (Å²) in [5.41, 5.74) is 5.27. The van der Waals surface area contributed by atoms with Crippen LogP contribution in [-0.2, 0) is 4.74 Å². The van der Waals surface area contributed by atoms with Crippen molar-refractivity contribution in [3.05, 3.63) is 11.1 Å². The molecule has 0 aromatic carbocycles. The maximum Gasteiger partial charge on any atom is 0.0638 e. The number of hydrogen-bond donors (Lipinski definition) is 0. The van der Waals surface area contributed by atoms with Crippen molar-refractivity contribution >= 4 is 0 Å². The van der Waals surface area contributed by atoms with Gasteiger partial charge in [0, 0.05) is 18.4 Å². The average Bonchev–Trinajstić information content (AvgIpc) is 3.52. The summed E-state index contributed by atoms with van der Waals surface area (Å²) in [7, 11) is 2.03. The lowest BCUT2D eigenvalue weighted by molar-refractivity contribution is -0.161. The Bertz CT molecular complexity index is 794. The largest absolute Gasteiger partial charge is 0.381 e. The number of allylic oxidation sites excluding steroid dienone is 2. The number of ether oxygens (including phenoxy) is 1. The Kier molecular flexibility index (Phi) is 4.55. The van der Waals surface area contributed by atoms with Crippen molar-refractivity contribution in [2.75, 3.05) is 7.11 Å².